The van der Waals surface area contributed by atoms with Crippen molar-refractivity contribution in [1.29, 1.82) is 0 Å². The monoisotopic (exact) mass is 468 g/mol. The van der Waals surface area contributed by atoms with E-state index in [2.05, 4.69) is 42.4 Å². The van der Waals surface area contributed by atoms with E-state index in [1.165, 1.54) is 11.3 Å². The number of nitrogens with zero attached hydrogens (tertiary/aromatic N) is 4. The molecule has 8 nitrogen and oxygen atoms in total. The van der Waals surface area contributed by atoms with Gasteiger partial charge >= 0.3 is 5.97 Å². The minimum Gasteiger partial charge on any atom is -0.454 e. The quantitative estimate of drug-likeness (QED) is 0.372. The zero-order valence-corrected chi connectivity index (χ0v) is 19.1. The number of fused-ring (bicyclic) bond motifs is 1. The smallest absolute Gasteiger partial charge is 0.367 e. The number of aryl methyl sites for hydroxylation is 1. The Hall–Kier alpha value is -3.95. The number of hydrogen-bond donors (Lipinski definition) is 2. The van der Waals surface area contributed by atoms with Crippen molar-refractivity contribution in [3.8, 4) is 33.1 Å². The number of aromatic amines is 1. The zero-order chi connectivity index (χ0) is 23.1. The SMILES string of the molecule is Cc1cccc(-c2[nH]cnc2-c2ccc3ncc(-c4cnc(C(=O)OC5CNC5)s4)cc3c2)n1. The number of esters is 1. The summed E-state index contributed by atoms with van der Waals surface area (Å²) in [6, 6.07) is 14.1. The number of imidazole rings is 1. The van der Waals surface area contributed by atoms with Gasteiger partial charge in [-0.15, -0.1) is 11.3 Å². The molecule has 1 aliphatic rings. The molecule has 168 valence electrons. The van der Waals surface area contributed by atoms with Gasteiger partial charge in [0.1, 0.15) is 6.10 Å². The lowest BCUT2D eigenvalue weighted by Crippen LogP contribution is -2.49. The number of ether oxygens (including phenoxy) is 1. The number of carbonyl (C=O) groups excluding carboxylic acids is 1. The first-order valence-corrected chi connectivity index (χ1v) is 11.7. The molecule has 0 spiro atoms. The van der Waals surface area contributed by atoms with Gasteiger partial charge in [0.15, 0.2) is 0 Å². The van der Waals surface area contributed by atoms with E-state index >= 15 is 0 Å². The summed E-state index contributed by atoms with van der Waals surface area (Å²) in [6.45, 7) is 3.36. The lowest BCUT2D eigenvalue weighted by Gasteiger charge is -2.26. The molecule has 4 aromatic heterocycles. The average Bonchev–Trinajstić information content (AvgIpc) is 3.51. The molecular weight excluding hydrogens is 448 g/mol. The van der Waals surface area contributed by atoms with E-state index in [4.69, 9.17) is 4.74 Å². The Bertz CT molecular complexity index is 1520. The lowest BCUT2D eigenvalue weighted by atomic mass is 10.0. The van der Waals surface area contributed by atoms with Crippen molar-refractivity contribution in [1.82, 2.24) is 30.2 Å². The van der Waals surface area contributed by atoms with Crippen molar-refractivity contribution in [2.24, 2.45) is 0 Å². The first-order chi connectivity index (χ1) is 16.6. The molecule has 1 saturated heterocycles. The minimum absolute atomic E-state index is 0.0671. The molecule has 0 unspecified atom stereocenters. The largest absolute Gasteiger partial charge is 0.454 e. The molecule has 1 aromatic carbocycles. The van der Waals surface area contributed by atoms with Crippen LogP contribution in [0.2, 0.25) is 0 Å². The Morgan fingerprint density at radius 1 is 1.06 bits per heavy atom. The van der Waals surface area contributed by atoms with E-state index in [0.29, 0.717) is 18.1 Å². The highest BCUT2D eigenvalue weighted by Crippen LogP contribution is 2.32. The van der Waals surface area contributed by atoms with Gasteiger partial charge in [0, 0.05) is 47.7 Å². The molecule has 6 rings (SSSR count). The Labute approximate surface area is 199 Å². The van der Waals surface area contributed by atoms with Crippen molar-refractivity contribution in [3.05, 3.63) is 71.9 Å². The van der Waals surface area contributed by atoms with Crippen LogP contribution in [-0.2, 0) is 4.74 Å². The maximum atomic E-state index is 12.3. The zero-order valence-electron chi connectivity index (χ0n) is 18.3. The van der Waals surface area contributed by atoms with Crippen LogP contribution in [0.5, 0.6) is 0 Å². The molecule has 0 amide bonds. The second-order valence-corrected chi connectivity index (χ2v) is 9.17. The molecule has 34 heavy (non-hydrogen) atoms. The first kappa shape index (κ1) is 20.6. The summed E-state index contributed by atoms with van der Waals surface area (Å²) in [5, 5.41) is 4.40. The van der Waals surface area contributed by atoms with E-state index in [-0.39, 0.29) is 12.1 Å². The van der Waals surface area contributed by atoms with Gasteiger partial charge < -0.3 is 15.0 Å². The van der Waals surface area contributed by atoms with E-state index in [1.54, 1.807) is 18.7 Å². The summed E-state index contributed by atoms with van der Waals surface area (Å²) in [7, 11) is 0. The van der Waals surface area contributed by atoms with Crippen LogP contribution < -0.4 is 5.32 Å². The number of H-pyrrole nitrogens is 1. The number of benzene rings is 1. The van der Waals surface area contributed by atoms with Crippen molar-refractivity contribution in [2.75, 3.05) is 13.1 Å². The fourth-order valence-electron chi connectivity index (χ4n) is 3.85. The Kier molecular flexibility index (Phi) is 5.12. The van der Waals surface area contributed by atoms with Crippen molar-refractivity contribution < 1.29 is 9.53 Å². The molecule has 5 aromatic rings. The molecule has 2 N–H and O–H groups in total. The maximum absolute atomic E-state index is 12.3. The summed E-state index contributed by atoms with van der Waals surface area (Å²) in [4.78, 5) is 34.5. The summed E-state index contributed by atoms with van der Waals surface area (Å²) < 4.78 is 5.42. The highest BCUT2D eigenvalue weighted by Gasteiger charge is 2.24. The minimum atomic E-state index is -0.380. The Balaban J connectivity index is 1.32. The van der Waals surface area contributed by atoms with Crippen LogP contribution in [0.1, 0.15) is 15.5 Å². The van der Waals surface area contributed by atoms with Crippen LogP contribution in [0.15, 0.2) is 61.2 Å². The third-order valence-electron chi connectivity index (χ3n) is 5.72. The van der Waals surface area contributed by atoms with Crippen LogP contribution in [0.25, 0.3) is 44.0 Å². The number of carbonyl (C=O) groups is 1. The average molecular weight is 469 g/mol. The van der Waals surface area contributed by atoms with Gasteiger partial charge in [-0.05, 0) is 37.3 Å². The number of aromatic nitrogens is 5. The molecule has 9 heteroatoms. The number of nitrogens with one attached hydrogen (secondary N) is 2. The summed E-state index contributed by atoms with van der Waals surface area (Å²) in [5.74, 6) is -0.380. The normalized spacial score (nSPS) is 13.7. The molecular formula is C25H20N6O2S. The van der Waals surface area contributed by atoms with Gasteiger partial charge in [-0.3, -0.25) is 9.97 Å². The fraction of sp³-hybridized carbons (Fsp3) is 0.160. The predicted octanol–water partition coefficient (Wildman–Crippen LogP) is 4.25. The molecule has 0 saturated carbocycles. The van der Waals surface area contributed by atoms with E-state index < -0.39 is 0 Å². The fourth-order valence-corrected chi connectivity index (χ4v) is 4.63. The van der Waals surface area contributed by atoms with Gasteiger partial charge in [0.05, 0.1) is 33.8 Å². The van der Waals surface area contributed by atoms with Gasteiger partial charge in [0.25, 0.3) is 0 Å². The summed E-state index contributed by atoms with van der Waals surface area (Å²) >= 11 is 1.31. The van der Waals surface area contributed by atoms with Gasteiger partial charge in [0.2, 0.25) is 5.01 Å². The Morgan fingerprint density at radius 2 is 1.94 bits per heavy atom. The van der Waals surface area contributed by atoms with Gasteiger partial charge in [-0.1, -0.05) is 12.1 Å². The second-order valence-electron chi connectivity index (χ2n) is 8.14. The van der Waals surface area contributed by atoms with Gasteiger partial charge in [-0.2, -0.15) is 0 Å². The topological polar surface area (TPSA) is 106 Å². The highest BCUT2D eigenvalue weighted by molar-refractivity contribution is 7.16. The molecule has 1 aliphatic heterocycles. The van der Waals surface area contributed by atoms with Crippen LogP contribution in [0.3, 0.4) is 0 Å². The molecule has 0 aliphatic carbocycles. The van der Waals surface area contributed by atoms with E-state index in [9.17, 15) is 4.79 Å². The van der Waals surface area contributed by atoms with Crippen LogP contribution in [0.4, 0.5) is 0 Å². The van der Waals surface area contributed by atoms with Crippen molar-refractivity contribution >= 4 is 28.2 Å². The predicted molar refractivity (Wildman–Crippen MR) is 130 cm³/mol. The summed E-state index contributed by atoms with van der Waals surface area (Å²) in [5.41, 5.74) is 6.24. The van der Waals surface area contributed by atoms with Crippen molar-refractivity contribution in [3.63, 3.8) is 0 Å². The number of rotatable bonds is 5. The van der Waals surface area contributed by atoms with Crippen LogP contribution in [0, 0.1) is 6.92 Å². The maximum Gasteiger partial charge on any atom is 0.367 e. The van der Waals surface area contributed by atoms with Crippen LogP contribution in [-0.4, -0.2) is 50.1 Å². The lowest BCUT2D eigenvalue weighted by molar-refractivity contribution is 0.0169. The highest BCUT2D eigenvalue weighted by atomic mass is 32.1. The van der Waals surface area contributed by atoms with E-state index in [1.807, 2.05) is 37.3 Å². The molecule has 5 heterocycles. The number of thiazole rings is 1. The first-order valence-electron chi connectivity index (χ1n) is 10.9. The van der Waals surface area contributed by atoms with Crippen molar-refractivity contribution in [2.45, 2.75) is 13.0 Å². The standard InChI is InChI=1S/C25H20N6O2S/c1-14-3-2-4-20(31-14)23-22(29-13-30-23)15-5-6-19-16(7-15)8-17(9-27-19)21-12-28-24(34-21)25(32)33-18-10-26-11-18/h2-9,12-13,18,26H,10-11H2,1H3,(H,29,30). The molecule has 0 bridgehead atoms. The second kappa shape index (κ2) is 8.44. The third kappa shape index (κ3) is 3.85. The summed E-state index contributed by atoms with van der Waals surface area (Å²) in [6.07, 6.45) is 5.12. The van der Waals surface area contributed by atoms with Crippen LogP contribution >= 0.6 is 11.3 Å². The Morgan fingerprint density at radius 3 is 2.76 bits per heavy atom. The van der Waals surface area contributed by atoms with Gasteiger partial charge in [-0.25, -0.2) is 14.8 Å². The molecule has 0 atom stereocenters. The molecule has 1 fully saturated rings. The molecule has 0 radical (unpaired) electrons. The van der Waals surface area contributed by atoms with E-state index in [0.717, 1.165) is 49.7 Å². The third-order valence-corrected chi connectivity index (χ3v) is 6.75. The number of pyridine rings is 2. The number of hydrogen-bond acceptors (Lipinski definition) is 8.